The van der Waals surface area contributed by atoms with Gasteiger partial charge in [0.05, 0.1) is 4.92 Å². The molecule has 1 aromatic carbocycles. The second-order valence-electron chi connectivity index (χ2n) is 5.74. The van der Waals surface area contributed by atoms with Crippen molar-refractivity contribution in [2.45, 2.75) is 25.7 Å². The van der Waals surface area contributed by atoms with E-state index in [1.54, 1.807) is 13.0 Å². The Balaban J connectivity index is 1.68. The van der Waals surface area contributed by atoms with Gasteiger partial charge in [-0.15, -0.1) is 0 Å². The Morgan fingerprint density at radius 2 is 2.09 bits per heavy atom. The number of aromatic nitrogens is 2. The topological polar surface area (TPSA) is 101 Å². The maximum Gasteiger partial charge on any atom is 0.272 e. The van der Waals surface area contributed by atoms with Crippen LogP contribution in [0.1, 0.15) is 30.0 Å². The Morgan fingerprint density at radius 1 is 1.36 bits per heavy atom. The number of nitrogen functional groups attached to an aromatic ring is 1. The maximum atomic E-state index is 10.9. The van der Waals surface area contributed by atoms with Gasteiger partial charge in [0.1, 0.15) is 5.82 Å². The third-order valence-electron chi connectivity index (χ3n) is 4.29. The first-order chi connectivity index (χ1) is 10.5. The number of aryl methyl sites for hydroxylation is 1. The molecule has 1 saturated heterocycles. The molecule has 7 nitrogen and oxygen atoms in total. The van der Waals surface area contributed by atoms with Crippen molar-refractivity contribution < 1.29 is 4.92 Å². The predicted molar refractivity (Wildman–Crippen MR) is 85.0 cm³/mol. The average Bonchev–Trinajstić information content (AvgIpc) is 2.93. The van der Waals surface area contributed by atoms with Crippen LogP contribution >= 0.6 is 0 Å². The van der Waals surface area contributed by atoms with Gasteiger partial charge < -0.3 is 10.6 Å². The molecule has 0 amide bonds. The smallest absolute Gasteiger partial charge is 0.272 e. The number of nitrogens with one attached hydrogen (secondary N) is 1. The number of hydrogen-bond donors (Lipinski definition) is 2. The van der Waals surface area contributed by atoms with E-state index in [9.17, 15) is 10.1 Å². The van der Waals surface area contributed by atoms with Crippen molar-refractivity contribution in [2.24, 2.45) is 0 Å². The van der Waals surface area contributed by atoms with E-state index in [0.717, 1.165) is 37.3 Å². The molecule has 1 fully saturated rings. The molecule has 1 aliphatic heterocycles. The molecule has 7 heteroatoms. The van der Waals surface area contributed by atoms with Crippen LogP contribution in [-0.2, 0) is 0 Å². The van der Waals surface area contributed by atoms with E-state index < -0.39 is 0 Å². The fourth-order valence-corrected chi connectivity index (χ4v) is 3.05. The predicted octanol–water partition coefficient (Wildman–Crippen LogP) is 2.59. The highest BCUT2D eigenvalue weighted by atomic mass is 16.6. The van der Waals surface area contributed by atoms with Crippen molar-refractivity contribution in [2.75, 3.05) is 23.7 Å². The van der Waals surface area contributed by atoms with E-state index in [4.69, 9.17) is 5.73 Å². The highest BCUT2D eigenvalue weighted by molar-refractivity contribution is 5.55. The molecule has 0 saturated carbocycles. The van der Waals surface area contributed by atoms with Crippen LogP contribution in [0.5, 0.6) is 0 Å². The Bertz CT molecular complexity index is 689. The molecule has 0 aliphatic carbocycles. The molecule has 22 heavy (non-hydrogen) atoms. The number of nitrogens with zero attached hydrogens (tertiary/aromatic N) is 3. The number of anilines is 2. The molecular weight excluding hydrogens is 282 g/mol. The van der Waals surface area contributed by atoms with Crippen LogP contribution in [0, 0.1) is 17.0 Å². The van der Waals surface area contributed by atoms with Crippen LogP contribution in [0.4, 0.5) is 17.2 Å². The van der Waals surface area contributed by atoms with Crippen molar-refractivity contribution in [3.8, 4) is 0 Å². The van der Waals surface area contributed by atoms with Crippen molar-refractivity contribution >= 4 is 17.2 Å². The van der Waals surface area contributed by atoms with Crippen molar-refractivity contribution in [1.82, 2.24) is 10.2 Å². The Hall–Kier alpha value is -2.57. The molecule has 3 rings (SSSR count). The zero-order valence-corrected chi connectivity index (χ0v) is 12.5. The summed E-state index contributed by atoms with van der Waals surface area (Å²) in [6, 6.07) is 7.22. The number of aromatic amines is 1. The van der Waals surface area contributed by atoms with Gasteiger partial charge in [-0.25, -0.2) is 0 Å². The number of hydrogen-bond acceptors (Lipinski definition) is 5. The molecule has 0 bridgehead atoms. The van der Waals surface area contributed by atoms with Crippen LogP contribution in [0.15, 0.2) is 24.3 Å². The minimum atomic E-state index is -0.339. The van der Waals surface area contributed by atoms with Crippen LogP contribution in [0.2, 0.25) is 0 Å². The quantitative estimate of drug-likeness (QED) is 0.670. The number of nitrogens with two attached hydrogens (primary N) is 1. The van der Waals surface area contributed by atoms with Gasteiger partial charge in [0.25, 0.3) is 5.69 Å². The van der Waals surface area contributed by atoms with E-state index in [2.05, 4.69) is 15.1 Å². The van der Waals surface area contributed by atoms with Crippen molar-refractivity contribution in [3.05, 3.63) is 45.6 Å². The summed E-state index contributed by atoms with van der Waals surface area (Å²) in [5.74, 6) is 0.976. The summed E-state index contributed by atoms with van der Waals surface area (Å²) >= 11 is 0. The highest BCUT2D eigenvalue weighted by Gasteiger charge is 2.23. The fourth-order valence-electron chi connectivity index (χ4n) is 3.05. The number of nitro groups is 1. The van der Waals surface area contributed by atoms with E-state index in [-0.39, 0.29) is 10.6 Å². The lowest BCUT2D eigenvalue weighted by Gasteiger charge is -2.33. The summed E-state index contributed by atoms with van der Waals surface area (Å²) in [5.41, 5.74) is 8.67. The number of nitro benzene ring substituents is 1. The number of H-pyrrole nitrogens is 1. The first-order valence-corrected chi connectivity index (χ1v) is 7.35. The molecule has 1 aliphatic rings. The molecule has 0 atom stereocenters. The second kappa shape index (κ2) is 5.67. The van der Waals surface area contributed by atoms with Crippen molar-refractivity contribution in [3.63, 3.8) is 0 Å². The third kappa shape index (κ3) is 2.74. The summed E-state index contributed by atoms with van der Waals surface area (Å²) in [6.07, 6.45) is 2.02. The normalized spacial score (nSPS) is 16.0. The zero-order chi connectivity index (χ0) is 15.7. The first kappa shape index (κ1) is 14.4. The molecule has 3 N–H and O–H groups in total. The molecule has 116 valence electrons. The van der Waals surface area contributed by atoms with Gasteiger partial charge in [-0.2, -0.15) is 5.10 Å². The summed E-state index contributed by atoms with van der Waals surface area (Å²) in [6.45, 7) is 3.61. The Kier molecular flexibility index (Phi) is 3.70. The lowest BCUT2D eigenvalue weighted by Crippen LogP contribution is -2.33. The lowest BCUT2D eigenvalue weighted by atomic mass is 9.93. The molecule has 0 spiro atoms. The summed E-state index contributed by atoms with van der Waals surface area (Å²) < 4.78 is 0. The number of piperidine rings is 1. The Labute approximate surface area is 128 Å². The van der Waals surface area contributed by atoms with Gasteiger partial charge in [0, 0.05) is 48.1 Å². The lowest BCUT2D eigenvalue weighted by molar-refractivity contribution is -0.385. The molecule has 1 aromatic heterocycles. The van der Waals surface area contributed by atoms with E-state index in [1.165, 1.54) is 0 Å². The highest BCUT2D eigenvalue weighted by Crippen LogP contribution is 2.31. The SMILES string of the molecule is Cc1cc(N2CCC(c3cc(N)n[nH]3)CC2)ccc1[N+](=O)[O-]. The van der Waals surface area contributed by atoms with E-state index >= 15 is 0 Å². The number of rotatable bonds is 3. The van der Waals surface area contributed by atoms with Crippen LogP contribution in [-0.4, -0.2) is 28.2 Å². The van der Waals surface area contributed by atoms with Gasteiger partial charge in [0.2, 0.25) is 0 Å². The maximum absolute atomic E-state index is 10.9. The first-order valence-electron chi connectivity index (χ1n) is 7.35. The van der Waals surface area contributed by atoms with Gasteiger partial charge in [-0.1, -0.05) is 0 Å². The van der Waals surface area contributed by atoms with Crippen molar-refractivity contribution in [1.29, 1.82) is 0 Å². The summed E-state index contributed by atoms with van der Waals surface area (Å²) in [5, 5.41) is 17.9. The number of benzene rings is 1. The van der Waals surface area contributed by atoms with E-state index in [0.29, 0.717) is 17.3 Å². The minimum absolute atomic E-state index is 0.173. The summed E-state index contributed by atoms with van der Waals surface area (Å²) in [7, 11) is 0. The van der Waals surface area contributed by atoms with E-state index in [1.807, 2.05) is 18.2 Å². The van der Waals surface area contributed by atoms with Gasteiger partial charge >= 0.3 is 0 Å². The van der Waals surface area contributed by atoms with Crippen LogP contribution in [0.3, 0.4) is 0 Å². The second-order valence-corrected chi connectivity index (χ2v) is 5.74. The van der Waals surface area contributed by atoms with Crippen LogP contribution in [0.25, 0.3) is 0 Å². The standard InChI is InChI=1S/C15H19N5O2/c1-10-8-12(2-3-14(10)20(21)22)19-6-4-11(5-7-19)13-9-15(16)18-17-13/h2-3,8-9,11H,4-7H2,1H3,(H3,16,17,18). The summed E-state index contributed by atoms with van der Waals surface area (Å²) in [4.78, 5) is 12.8. The van der Waals surface area contributed by atoms with Gasteiger partial charge in [-0.05, 0) is 31.9 Å². The fraction of sp³-hybridized carbons (Fsp3) is 0.400. The third-order valence-corrected chi connectivity index (χ3v) is 4.29. The molecule has 2 heterocycles. The largest absolute Gasteiger partial charge is 0.382 e. The minimum Gasteiger partial charge on any atom is -0.382 e. The van der Waals surface area contributed by atoms with Gasteiger partial charge in [-0.3, -0.25) is 15.2 Å². The molecule has 2 aromatic rings. The zero-order valence-electron chi connectivity index (χ0n) is 12.5. The molecule has 0 radical (unpaired) electrons. The van der Waals surface area contributed by atoms with Gasteiger partial charge in [0.15, 0.2) is 0 Å². The molecular formula is C15H19N5O2. The van der Waals surface area contributed by atoms with Crippen LogP contribution < -0.4 is 10.6 Å². The Morgan fingerprint density at radius 3 is 2.64 bits per heavy atom. The average molecular weight is 301 g/mol. The molecule has 0 unspecified atom stereocenters. The monoisotopic (exact) mass is 301 g/mol.